The lowest BCUT2D eigenvalue weighted by Gasteiger charge is -2.15. The molecule has 152 valence electrons. The first-order chi connectivity index (χ1) is 13.3. The first kappa shape index (κ1) is 22.3. The molecule has 9 heteroatoms. The Bertz CT molecular complexity index is 810. The van der Waals surface area contributed by atoms with Crippen molar-refractivity contribution >= 4 is 50.9 Å². The van der Waals surface area contributed by atoms with Crippen LogP contribution in [0.25, 0.3) is 6.08 Å². The summed E-state index contributed by atoms with van der Waals surface area (Å²) < 4.78 is 16.7. The number of esters is 1. The van der Waals surface area contributed by atoms with Crippen molar-refractivity contribution in [1.82, 2.24) is 4.90 Å². The Labute approximate surface area is 176 Å². The van der Waals surface area contributed by atoms with Gasteiger partial charge in [-0.05, 0) is 55.8 Å². The van der Waals surface area contributed by atoms with Crippen molar-refractivity contribution in [2.75, 3.05) is 20.3 Å². The molecule has 1 saturated heterocycles. The average molecular weight is 472 g/mol. The molecule has 0 bridgehead atoms. The largest absolute Gasteiger partial charge is 0.493 e. The summed E-state index contributed by atoms with van der Waals surface area (Å²) in [5, 5.41) is -0.508. The Hall–Kier alpha value is -2.00. The van der Waals surface area contributed by atoms with Crippen molar-refractivity contribution in [3.05, 3.63) is 27.1 Å². The first-order valence-corrected chi connectivity index (χ1v) is 10.4. The zero-order chi connectivity index (χ0) is 20.8. The monoisotopic (exact) mass is 471 g/mol. The zero-order valence-electron chi connectivity index (χ0n) is 16.1. The van der Waals surface area contributed by atoms with Gasteiger partial charge < -0.3 is 14.2 Å². The van der Waals surface area contributed by atoms with Gasteiger partial charge in [0.05, 0.1) is 24.7 Å². The standard InChI is InChI=1S/C19H22BrNO6S/c1-5-11(3)27-17(22)10-21-18(23)16(28-19(21)24)8-12-7-14(25-4)15(26-6-2)9-13(12)20/h7-9,11H,5-6,10H2,1-4H3/b16-8-/t11-/m1/s1. The fourth-order valence-corrected chi connectivity index (χ4v) is 3.61. The normalized spacial score (nSPS) is 16.5. The lowest BCUT2D eigenvalue weighted by atomic mass is 10.2. The molecule has 0 saturated carbocycles. The van der Waals surface area contributed by atoms with Crippen LogP contribution in [0.2, 0.25) is 0 Å². The maximum Gasteiger partial charge on any atom is 0.326 e. The number of carbonyl (C=O) groups excluding carboxylic acids is 3. The molecule has 1 heterocycles. The molecule has 0 radical (unpaired) electrons. The molecule has 2 rings (SSSR count). The van der Waals surface area contributed by atoms with Crippen LogP contribution in [0.1, 0.15) is 32.8 Å². The van der Waals surface area contributed by atoms with Crippen LogP contribution in [0.5, 0.6) is 11.5 Å². The lowest BCUT2D eigenvalue weighted by Crippen LogP contribution is -2.35. The van der Waals surface area contributed by atoms with Crippen molar-refractivity contribution in [3.8, 4) is 11.5 Å². The Balaban J connectivity index is 2.22. The van der Waals surface area contributed by atoms with Crippen LogP contribution in [-0.2, 0) is 14.3 Å². The van der Waals surface area contributed by atoms with Gasteiger partial charge in [0, 0.05) is 4.47 Å². The van der Waals surface area contributed by atoms with Crippen LogP contribution in [-0.4, -0.2) is 48.4 Å². The number of hydrogen-bond donors (Lipinski definition) is 0. The molecular weight excluding hydrogens is 450 g/mol. The molecule has 0 aliphatic carbocycles. The minimum atomic E-state index is -0.609. The number of amides is 2. The van der Waals surface area contributed by atoms with E-state index in [9.17, 15) is 14.4 Å². The van der Waals surface area contributed by atoms with Gasteiger partial charge in [0.15, 0.2) is 11.5 Å². The first-order valence-electron chi connectivity index (χ1n) is 8.75. The van der Waals surface area contributed by atoms with E-state index < -0.39 is 23.7 Å². The third-order valence-electron chi connectivity index (χ3n) is 3.94. The fraction of sp³-hybridized carbons (Fsp3) is 0.421. The Morgan fingerprint density at radius 3 is 2.61 bits per heavy atom. The number of nitrogens with zero attached hydrogens (tertiary/aromatic N) is 1. The molecule has 0 N–H and O–H groups in total. The van der Waals surface area contributed by atoms with E-state index in [2.05, 4.69) is 15.9 Å². The van der Waals surface area contributed by atoms with E-state index >= 15 is 0 Å². The molecule has 1 aromatic rings. The summed E-state index contributed by atoms with van der Waals surface area (Å²) in [7, 11) is 1.52. The van der Waals surface area contributed by atoms with Gasteiger partial charge in [-0.2, -0.15) is 0 Å². The quantitative estimate of drug-likeness (QED) is 0.414. The van der Waals surface area contributed by atoms with E-state index in [1.807, 2.05) is 13.8 Å². The molecule has 0 aromatic heterocycles. The van der Waals surface area contributed by atoms with E-state index in [1.165, 1.54) is 7.11 Å². The molecule has 1 fully saturated rings. The molecule has 2 amide bonds. The molecular formula is C19H22BrNO6S. The number of hydrogen-bond acceptors (Lipinski definition) is 7. The van der Waals surface area contributed by atoms with Crippen LogP contribution in [0.4, 0.5) is 4.79 Å². The number of benzene rings is 1. The van der Waals surface area contributed by atoms with Gasteiger partial charge in [0.1, 0.15) is 6.54 Å². The number of ether oxygens (including phenoxy) is 3. The highest BCUT2D eigenvalue weighted by atomic mass is 79.9. The van der Waals surface area contributed by atoms with E-state index in [1.54, 1.807) is 25.1 Å². The number of halogens is 1. The topological polar surface area (TPSA) is 82.1 Å². The van der Waals surface area contributed by atoms with Gasteiger partial charge in [0.2, 0.25) is 0 Å². The third-order valence-corrected chi connectivity index (χ3v) is 5.53. The predicted molar refractivity (Wildman–Crippen MR) is 110 cm³/mol. The molecule has 1 atom stereocenters. The summed E-state index contributed by atoms with van der Waals surface area (Å²) in [6, 6.07) is 3.45. The van der Waals surface area contributed by atoms with Crippen molar-refractivity contribution in [3.63, 3.8) is 0 Å². The number of imide groups is 1. The van der Waals surface area contributed by atoms with E-state index in [0.717, 1.165) is 16.7 Å². The smallest absolute Gasteiger partial charge is 0.326 e. The molecule has 0 unspecified atom stereocenters. The van der Waals surface area contributed by atoms with Crippen molar-refractivity contribution < 1.29 is 28.6 Å². The Morgan fingerprint density at radius 1 is 1.29 bits per heavy atom. The van der Waals surface area contributed by atoms with Crippen LogP contribution < -0.4 is 9.47 Å². The van der Waals surface area contributed by atoms with Crippen LogP contribution >= 0.6 is 27.7 Å². The highest BCUT2D eigenvalue weighted by molar-refractivity contribution is 9.10. The Morgan fingerprint density at radius 2 is 2.00 bits per heavy atom. The van der Waals surface area contributed by atoms with Crippen molar-refractivity contribution in [2.45, 2.75) is 33.3 Å². The number of carbonyl (C=O) groups is 3. The van der Waals surface area contributed by atoms with E-state index in [0.29, 0.717) is 34.6 Å². The van der Waals surface area contributed by atoms with Crippen LogP contribution in [0.15, 0.2) is 21.5 Å². The van der Waals surface area contributed by atoms with Gasteiger partial charge in [-0.15, -0.1) is 0 Å². The van der Waals surface area contributed by atoms with Gasteiger partial charge in [-0.25, -0.2) is 0 Å². The minimum Gasteiger partial charge on any atom is -0.493 e. The molecule has 1 aromatic carbocycles. The summed E-state index contributed by atoms with van der Waals surface area (Å²) in [6.45, 7) is 5.57. The minimum absolute atomic E-state index is 0.216. The maximum absolute atomic E-state index is 12.6. The fourth-order valence-electron chi connectivity index (χ4n) is 2.34. The number of thioether (sulfide) groups is 1. The molecule has 28 heavy (non-hydrogen) atoms. The predicted octanol–water partition coefficient (Wildman–Crippen LogP) is 4.23. The SMILES string of the molecule is CCOc1cc(Br)c(/C=C2\SC(=O)N(CC(=O)O[C@H](C)CC)C2=O)cc1OC. The molecule has 0 spiro atoms. The second-order valence-electron chi connectivity index (χ2n) is 5.93. The highest BCUT2D eigenvalue weighted by Gasteiger charge is 2.37. The van der Waals surface area contributed by atoms with Gasteiger partial charge >= 0.3 is 5.97 Å². The molecule has 7 nitrogen and oxygen atoms in total. The highest BCUT2D eigenvalue weighted by Crippen LogP contribution is 2.38. The van der Waals surface area contributed by atoms with Gasteiger partial charge in [0.25, 0.3) is 11.1 Å². The van der Waals surface area contributed by atoms with Crippen LogP contribution in [0, 0.1) is 0 Å². The summed E-state index contributed by atoms with van der Waals surface area (Å²) in [5.74, 6) is -0.0692. The number of rotatable bonds is 8. The lowest BCUT2D eigenvalue weighted by molar-refractivity contribution is -0.150. The van der Waals surface area contributed by atoms with Gasteiger partial charge in [-0.3, -0.25) is 19.3 Å². The third kappa shape index (κ3) is 5.29. The average Bonchev–Trinajstić information content (AvgIpc) is 2.91. The number of methoxy groups -OCH3 is 1. The van der Waals surface area contributed by atoms with Crippen molar-refractivity contribution in [1.29, 1.82) is 0 Å². The van der Waals surface area contributed by atoms with Gasteiger partial charge in [-0.1, -0.05) is 22.9 Å². The summed E-state index contributed by atoms with van der Waals surface area (Å²) >= 11 is 4.22. The summed E-state index contributed by atoms with van der Waals surface area (Å²) in [5.41, 5.74) is 0.646. The second kappa shape index (κ2) is 9.97. The zero-order valence-corrected chi connectivity index (χ0v) is 18.5. The van der Waals surface area contributed by atoms with E-state index in [-0.39, 0.29) is 11.0 Å². The molecule has 1 aliphatic rings. The Kier molecular flexibility index (Phi) is 7.94. The van der Waals surface area contributed by atoms with Crippen LogP contribution in [0.3, 0.4) is 0 Å². The van der Waals surface area contributed by atoms with Crippen molar-refractivity contribution in [2.24, 2.45) is 0 Å². The molecule has 1 aliphatic heterocycles. The summed E-state index contributed by atoms with van der Waals surface area (Å²) in [6.07, 6.45) is 1.96. The van der Waals surface area contributed by atoms with E-state index in [4.69, 9.17) is 14.2 Å². The summed E-state index contributed by atoms with van der Waals surface area (Å²) in [4.78, 5) is 37.8. The maximum atomic E-state index is 12.6. The second-order valence-corrected chi connectivity index (χ2v) is 7.78.